The van der Waals surface area contributed by atoms with Gasteiger partial charge in [-0.3, -0.25) is 19.4 Å². The van der Waals surface area contributed by atoms with Gasteiger partial charge in [-0.15, -0.1) is 12.4 Å². The molecular formula is C16H24ClN5O2. The van der Waals surface area contributed by atoms with Crippen LogP contribution in [0.25, 0.3) is 11.0 Å². The molecule has 7 nitrogen and oxygen atoms in total. The van der Waals surface area contributed by atoms with Gasteiger partial charge in [0.2, 0.25) is 5.91 Å². The quantitative estimate of drug-likeness (QED) is 0.831. The summed E-state index contributed by atoms with van der Waals surface area (Å²) in [5, 5.41) is 6.59. The predicted octanol–water partition coefficient (Wildman–Crippen LogP) is 0.663. The summed E-state index contributed by atoms with van der Waals surface area (Å²) in [6.45, 7) is 8.21. The summed E-state index contributed by atoms with van der Waals surface area (Å²) in [7, 11) is 1.77. The monoisotopic (exact) mass is 353 g/mol. The SMILES string of the molecule is Cc1nc2c(c(C)c1CC(=O)N1CCNC[C@H]1C)c(=O)[nH]n2C.Cl. The van der Waals surface area contributed by atoms with Crippen LogP contribution in [0, 0.1) is 13.8 Å². The molecule has 1 fully saturated rings. The first-order valence-corrected chi connectivity index (χ1v) is 7.95. The van der Waals surface area contributed by atoms with Crippen LogP contribution in [-0.2, 0) is 18.3 Å². The highest BCUT2D eigenvalue weighted by Crippen LogP contribution is 2.21. The number of nitrogens with one attached hydrogen (secondary N) is 2. The molecule has 0 aliphatic carbocycles. The molecular weight excluding hydrogens is 330 g/mol. The Balaban J connectivity index is 0.00000208. The Kier molecular flexibility index (Phi) is 5.35. The van der Waals surface area contributed by atoms with Gasteiger partial charge in [0, 0.05) is 38.4 Å². The van der Waals surface area contributed by atoms with Gasteiger partial charge in [-0.1, -0.05) is 0 Å². The fourth-order valence-electron chi connectivity index (χ4n) is 3.37. The van der Waals surface area contributed by atoms with E-state index in [9.17, 15) is 9.59 Å². The van der Waals surface area contributed by atoms with Crippen LogP contribution in [0.5, 0.6) is 0 Å². The lowest BCUT2D eigenvalue weighted by Gasteiger charge is -2.34. The predicted molar refractivity (Wildman–Crippen MR) is 95.8 cm³/mol. The fourth-order valence-corrected chi connectivity index (χ4v) is 3.37. The zero-order valence-corrected chi connectivity index (χ0v) is 15.3. The van der Waals surface area contributed by atoms with Gasteiger partial charge in [-0.05, 0) is 31.9 Å². The Morgan fingerprint density at radius 3 is 2.75 bits per heavy atom. The Hall–Kier alpha value is -1.86. The molecule has 0 spiro atoms. The number of rotatable bonds is 2. The minimum atomic E-state index is -0.156. The van der Waals surface area contributed by atoms with E-state index in [1.54, 1.807) is 11.7 Å². The van der Waals surface area contributed by atoms with Crippen molar-refractivity contribution in [3.05, 3.63) is 27.2 Å². The van der Waals surface area contributed by atoms with Crippen LogP contribution < -0.4 is 10.9 Å². The van der Waals surface area contributed by atoms with Crippen molar-refractivity contribution < 1.29 is 4.79 Å². The van der Waals surface area contributed by atoms with Crippen molar-refractivity contribution in [1.82, 2.24) is 25.0 Å². The molecule has 1 aliphatic rings. The van der Waals surface area contributed by atoms with Crippen molar-refractivity contribution in [2.45, 2.75) is 33.2 Å². The Labute approximate surface area is 146 Å². The number of carbonyl (C=O) groups is 1. The maximum Gasteiger partial charge on any atom is 0.273 e. The zero-order chi connectivity index (χ0) is 16.7. The number of piperazine rings is 1. The van der Waals surface area contributed by atoms with Crippen LogP contribution in [0.2, 0.25) is 0 Å². The Bertz CT molecular complexity index is 826. The molecule has 1 amide bonds. The van der Waals surface area contributed by atoms with Crippen LogP contribution in [0.4, 0.5) is 0 Å². The van der Waals surface area contributed by atoms with E-state index in [1.807, 2.05) is 25.7 Å². The van der Waals surface area contributed by atoms with Crippen LogP contribution >= 0.6 is 12.4 Å². The number of hydrogen-bond donors (Lipinski definition) is 2. The van der Waals surface area contributed by atoms with Crippen molar-refractivity contribution in [2.75, 3.05) is 19.6 Å². The van der Waals surface area contributed by atoms with E-state index in [1.165, 1.54) is 0 Å². The number of nitrogens with zero attached hydrogens (tertiary/aromatic N) is 3. The summed E-state index contributed by atoms with van der Waals surface area (Å²) in [6, 6.07) is 0.189. The number of carbonyl (C=O) groups excluding carboxylic acids is 1. The normalized spacial score (nSPS) is 17.8. The van der Waals surface area contributed by atoms with Crippen molar-refractivity contribution in [1.29, 1.82) is 0 Å². The Morgan fingerprint density at radius 1 is 1.38 bits per heavy atom. The number of amides is 1. The Morgan fingerprint density at radius 2 is 2.08 bits per heavy atom. The average molecular weight is 354 g/mol. The molecule has 2 aromatic rings. The second kappa shape index (κ2) is 6.94. The molecule has 0 bridgehead atoms. The lowest BCUT2D eigenvalue weighted by molar-refractivity contribution is -0.133. The summed E-state index contributed by atoms with van der Waals surface area (Å²) in [5.41, 5.74) is 3.00. The fraction of sp³-hybridized carbons (Fsp3) is 0.562. The van der Waals surface area contributed by atoms with Crippen molar-refractivity contribution in [3.8, 4) is 0 Å². The maximum absolute atomic E-state index is 12.7. The molecule has 0 aromatic carbocycles. The first-order chi connectivity index (χ1) is 10.9. The van der Waals surface area contributed by atoms with Gasteiger partial charge >= 0.3 is 0 Å². The van der Waals surface area contributed by atoms with E-state index in [2.05, 4.69) is 15.4 Å². The van der Waals surface area contributed by atoms with Crippen LogP contribution in [0.15, 0.2) is 4.79 Å². The first kappa shape index (κ1) is 18.5. The molecule has 1 atom stereocenters. The molecule has 132 valence electrons. The molecule has 2 N–H and O–H groups in total. The minimum absolute atomic E-state index is 0. The number of aryl methyl sites for hydroxylation is 3. The van der Waals surface area contributed by atoms with Gasteiger partial charge in [-0.25, -0.2) is 4.98 Å². The second-order valence-corrected chi connectivity index (χ2v) is 6.32. The van der Waals surface area contributed by atoms with E-state index in [0.29, 0.717) is 17.5 Å². The molecule has 2 aromatic heterocycles. The van der Waals surface area contributed by atoms with Gasteiger partial charge in [0.05, 0.1) is 11.8 Å². The average Bonchev–Trinajstić information content (AvgIpc) is 2.78. The molecule has 0 unspecified atom stereocenters. The van der Waals surface area contributed by atoms with Crippen molar-refractivity contribution in [2.24, 2.45) is 7.05 Å². The van der Waals surface area contributed by atoms with Gasteiger partial charge in [0.15, 0.2) is 5.65 Å². The smallest absolute Gasteiger partial charge is 0.273 e. The summed E-state index contributed by atoms with van der Waals surface area (Å²) in [5.74, 6) is 0.0960. The van der Waals surface area contributed by atoms with Gasteiger partial charge in [-0.2, -0.15) is 0 Å². The number of hydrogen-bond acceptors (Lipinski definition) is 4. The lowest BCUT2D eigenvalue weighted by Crippen LogP contribution is -2.52. The second-order valence-electron chi connectivity index (χ2n) is 6.32. The largest absolute Gasteiger partial charge is 0.337 e. The number of fused-ring (bicyclic) bond motifs is 1. The number of aromatic amines is 1. The van der Waals surface area contributed by atoms with Crippen LogP contribution in [-0.4, -0.2) is 51.2 Å². The molecule has 1 saturated heterocycles. The van der Waals surface area contributed by atoms with Gasteiger partial charge < -0.3 is 10.2 Å². The number of halogens is 1. The van der Waals surface area contributed by atoms with E-state index < -0.39 is 0 Å². The van der Waals surface area contributed by atoms with Gasteiger partial charge in [0.25, 0.3) is 5.56 Å². The first-order valence-electron chi connectivity index (χ1n) is 7.95. The lowest BCUT2D eigenvalue weighted by atomic mass is 10.0. The third-order valence-corrected chi connectivity index (χ3v) is 4.73. The van der Waals surface area contributed by atoms with Crippen molar-refractivity contribution >= 4 is 29.3 Å². The topological polar surface area (TPSA) is 83.0 Å². The summed E-state index contributed by atoms with van der Waals surface area (Å²) in [4.78, 5) is 31.2. The highest BCUT2D eigenvalue weighted by atomic mass is 35.5. The summed E-state index contributed by atoms with van der Waals surface area (Å²) < 4.78 is 1.63. The molecule has 24 heavy (non-hydrogen) atoms. The molecule has 3 heterocycles. The maximum atomic E-state index is 12.7. The molecule has 0 saturated carbocycles. The molecule has 8 heteroatoms. The van der Waals surface area contributed by atoms with E-state index in [-0.39, 0.29) is 29.9 Å². The third-order valence-electron chi connectivity index (χ3n) is 4.73. The van der Waals surface area contributed by atoms with Crippen molar-refractivity contribution in [3.63, 3.8) is 0 Å². The highest BCUT2D eigenvalue weighted by Gasteiger charge is 2.25. The molecule has 0 radical (unpaired) electrons. The zero-order valence-electron chi connectivity index (χ0n) is 14.5. The minimum Gasteiger partial charge on any atom is -0.337 e. The molecule has 1 aliphatic heterocycles. The summed E-state index contributed by atoms with van der Waals surface area (Å²) >= 11 is 0. The third kappa shape index (κ3) is 3.06. The highest BCUT2D eigenvalue weighted by molar-refractivity contribution is 5.85. The van der Waals surface area contributed by atoms with Gasteiger partial charge in [0.1, 0.15) is 0 Å². The van der Waals surface area contributed by atoms with Crippen LogP contribution in [0.1, 0.15) is 23.7 Å². The number of H-pyrrole nitrogens is 1. The standard InChI is InChI=1S/C16H23N5O2.ClH/c1-9-8-17-5-6-21(9)13(22)7-12-10(2)14-15(18-11(12)3)20(4)19-16(14)23;/h9,17H,5-8H2,1-4H3,(H,19,23);1H/t9-;/m1./s1. The van der Waals surface area contributed by atoms with E-state index >= 15 is 0 Å². The van der Waals surface area contributed by atoms with E-state index in [4.69, 9.17) is 0 Å². The van der Waals surface area contributed by atoms with E-state index in [0.717, 1.165) is 36.5 Å². The number of pyridine rings is 1. The molecule has 3 rings (SSSR count). The number of aromatic nitrogens is 3. The van der Waals surface area contributed by atoms with Crippen LogP contribution in [0.3, 0.4) is 0 Å². The summed E-state index contributed by atoms with van der Waals surface area (Å²) in [6.07, 6.45) is 0.291.